The number of sulfonamides is 1. The van der Waals surface area contributed by atoms with Crippen molar-refractivity contribution in [1.29, 1.82) is 0 Å². The van der Waals surface area contributed by atoms with E-state index in [-0.39, 0.29) is 0 Å². The average molecular weight is 452 g/mol. The van der Waals surface area contributed by atoms with Crippen molar-refractivity contribution in [2.45, 2.75) is 0 Å². The number of methoxy groups -OCH3 is 1. The minimum absolute atomic E-state index is 0.424. The zero-order valence-electron chi connectivity index (χ0n) is 17.5. The van der Waals surface area contributed by atoms with Crippen molar-refractivity contribution >= 4 is 48.9 Å². The molecular formula is C23H21N3O5S. The molecule has 1 aliphatic heterocycles. The number of nitrogens with one attached hydrogen (secondary N) is 2. The van der Waals surface area contributed by atoms with Crippen LogP contribution in [0.1, 0.15) is 0 Å². The second-order valence-electron chi connectivity index (χ2n) is 7.43. The monoisotopic (exact) mass is 451 g/mol. The number of pyridine rings is 1. The van der Waals surface area contributed by atoms with Gasteiger partial charge in [0.15, 0.2) is 11.5 Å². The number of benzene rings is 3. The van der Waals surface area contributed by atoms with E-state index < -0.39 is 10.0 Å². The highest BCUT2D eigenvalue weighted by Crippen LogP contribution is 2.41. The summed E-state index contributed by atoms with van der Waals surface area (Å²) >= 11 is 0. The van der Waals surface area contributed by atoms with Crippen LogP contribution in [0.2, 0.25) is 0 Å². The number of hydrogen-bond donors (Lipinski definition) is 2. The Morgan fingerprint density at radius 3 is 2.44 bits per heavy atom. The highest BCUT2D eigenvalue weighted by molar-refractivity contribution is 7.92. The van der Waals surface area contributed by atoms with Gasteiger partial charge in [0, 0.05) is 16.8 Å². The molecule has 0 fully saturated rings. The molecule has 4 aromatic rings. The lowest BCUT2D eigenvalue weighted by atomic mass is 10.1. The number of aromatic nitrogens is 1. The van der Waals surface area contributed by atoms with Crippen molar-refractivity contribution in [2.24, 2.45) is 0 Å². The highest BCUT2D eigenvalue weighted by Gasteiger charge is 2.18. The summed E-state index contributed by atoms with van der Waals surface area (Å²) in [5.41, 5.74) is 3.39. The van der Waals surface area contributed by atoms with E-state index in [2.05, 4.69) is 10.0 Å². The lowest BCUT2D eigenvalue weighted by Crippen LogP contribution is -2.15. The van der Waals surface area contributed by atoms with Crippen LogP contribution in [0.4, 0.5) is 17.1 Å². The number of fused-ring (bicyclic) bond motifs is 3. The molecule has 0 saturated heterocycles. The predicted molar refractivity (Wildman–Crippen MR) is 125 cm³/mol. The normalized spacial score (nSPS) is 13.2. The maximum absolute atomic E-state index is 11.7. The smallest absolute Gasteiger partial charge is 0.229 e. The zero-order chi connectivity index (χ0) is 22.3. The van der Waals surface area contributed by atoms with E-state index in [0.717, 1.165) is 33.7 Å². The van der Waals surface area contributed by atoms with Crippen LogP contribution in [0.3, 0.4) is 0 Å². The van der Waals surface area contributed by atoms with Crippen LogP contribution in [0, 0.1) is 0 Å². The molecule has 0 aliphatic carbocycles. The van der Waals surface area contributed by atoms with Crippen LogP contribution in [-0.2, 0) is 10.0 Å². The van der Waals surface area contributed by atoms with Crippen molar-refractivity contribution in [2.75, 3.05) is 36.6 Å². The van der Waals surface area contributed by atoms with Crippen molar-refractivity contribution in [3.05, 3.63) is 54.6 Å². The number of nitrogens with zero attached hydrogens (tertiary/aromatic N) is 1. The molecular weight excluding hydrogens is 430 g/mol. The van der Waals surface area contributed by atoms with Crippen LogP contribution in [0.15, 0.2) is 54.6 Å². The molecule has 0 radical (unpaired) electrons. The van der Waals surface area contributed by atoms with Gasteiger partial charge in [-0.15, -0.1) is 0 Å². The molecule has 32 heavy (non-hydrogen) atoms. The van der Waals surface area contributed by atoms with Crippen molar-refractivity contribution in [3.8, 4) is 17.2 Å². The van der Waals surface area contributed by atoms with Gasteiger partial charge in [-0.2, -0.15) is 0 Å². The fraction of sp³-hybridized carbons (Fsp3) is 0.174. The third kappa shape index (κ3) is 3.82. The Kier molecular flexibility index (Phi) is 4.90. The standard InChI is InChI=1S/C23H21N3O5S/c1-29-20-8-7-14(26-32(2,27)28)11-19(20)25-23-15-5-3-4-6-17(15)24-18-13-22-21(12-16(18)23)30-9-10-31-22/h3-8,11-13,26H,9-10H2,1-2H3,(H,24,25). The molecule has 0 unspecified atom stereocenters. The van der Waals surface area contributed by atoms with E-state index >= 15 is 0 Å². The predicted octanol–water partition coefficient (Wildman–Crippen LogP) is 4.28. The first kappa shape index (κ1) is 20.2. The molecule has 3 aromatic carbocycles. The first-order valence-corrected chi connectivity index (χ1v) is 11.9. The molecule has 1 aromatic heterocycles. The van der Waals surface area contributed by atoms with Crippen LogP contribution >= 0.6 is 0 Å². The minimum Gasteiger partial charge on any atom is -0.495 e. The minimum atomic E-state index is -3.43. The van der Waals surface area contributed by atoms with E-state index in [1.54, 1.807) is 25.3 Å². The van der Waals surface area contributed by atoms with Crippen LogP contribution < -0.4 is 24.2 Å². The van der Waals surface area contributed by atoms with Gasteiger partial charge >= 0.3 is 0 Å². The maximum atomic E-state index is 11.7. The van der Waals surface area contributed by atoms with E-state index in [1.807, 2.05) is 36.4 Å². The SMILES string of the molecule is COc1ccc(NS(C)(=O)=O)cc1Nc1c2ccccc2nc2cc3c(cc12)OCCO3. The number of para-hydroxylation sites is 1. The molecule has 2 N–H and O–H groups in total. The highest BCUT2D eigenvalue weighted by atomic mass is 32.2. The number of ether oxygens (including phenoxy) is 3. The Hall–Kier alpha value is -3.72. The van der Waals surface area contributed by atoms with E-state index in [0.29, 0.717) is 41.8 Å². The molecule has 0 atom stereocenters. The Morgan fingerprint density at radius 2 is 1.69 bits per heavy atom. The summed E-state index contributed by atoms with van der Waals surface area (Å²) in [6, 6.07) is 16.6. The molecule has 9 heteroatoms. The lowest BCUT2D eigenvalue weighted by molar-refractivity contribution is 0.172. The largest absolute Gasteiger partial charge is 0.495 e. The van der Waals surface area contributed by atoms with E-state index in [4.69, 9.17) is 19.2 Å². The van der Waals surface area contributed by atoms with Gasteiger partial charge in [-0.25, -0.2) is 13.4 Å². The van der Waals surface area contributed by atoms with E-state index in [9.17, 15) is 8.42 Å². The molecule has 1 aliphatic rings. The quantitative estimate of drug-likeness (QED) is 0.437. The summed E-state index contributed by atoms with van der Waals surface area (Å²) in [5.74, 6) is 1.88. The zero-order valence-corrected chi connectivity index (χ0v) is 18.3. The molecule has 0 bridgehead atoms. The molecule has 2 heterocycles. The molecule has 8 nitrogen and oxygen atoms in total. The molecule has 164 valence electrons. The van der Waals surface area contributed by atoms with Gasteiger partial charge in [-0.05, 0) is 30.3 Å². The van der Waals surface area contributed by atoms with E-state index in [1.165, 1.54) is 0 Å². The van der Waals surface area contributed by atoms with Crippen molar-refractivity contribution in [3.63, 3.8) is 0 Å². The number of anilines is 3. The van der Waals surface area contributed by atoms with Gasteiger partial charge in [-0.1, -0.05) is 18.2 Å². The summed E-state index contributed by atoms with van der Waals surface area (Å²) in [4.78, 5) is 4.80. The third-order valence-electron chi connectivity index (χ3n) is 5.11. The van der Waals surface area contributed by atoms with Gasteiger partial charge < -0.3 is 19.5 Å². The molecule has 5 rings (SSSR count). The summed E-state index contributed by atoms with van der Waals surface area (Å²) in [7, 11) is -1.86. The second kappa shape index (κ2) is 7.76. The summed E-state index contributed by atoms with van der Waals surface area (Å²) < 4.78 is 43.0. The van der Waals surface area contributed by atoms with Crippen LogP contribution in [-0.4, -0.2) is 40.0 Å². The maximum Gasteiger partial charge on any atom is 0.229 e. The van der Waals surface area contributed by atoms with Gasteiger partial charge in [-0.3, -0.25) is 4.72 Å². The Balaban J connectivity index is 1.71. The third-order valence-corrected chi connectivity index (χ3v) is 5.71. The second-order valence-corrected chi connectivity index (χ2v) is 9.18. The summed E-state index contributed by atoms with van der Waals surface area (Å²) in [5, 5.41) is 5.19. The Labute approximate surface area is 185 Å². The summed E-state index contributed by atoms with van der Waals surface area (Å²) in [6.45, 7) is 0.976. The number of hydrogen-bond acceptors (Lipinski definition) is 7. The Bertz CT molecular complexity index is 1450. The topological polar surface area (TPSA) is 98.8 Å². The molecule has 0 saturated carbocycles. The fourth-order valence-corrected chi connectivity index (χ4v) is 4.34. The first-order chi connectivity index (χ1) is 15.4. The lowest BCUT2D eigenvalue weighted by Gasteiger charge is -2.21. The fourth-order valence-electron chi connectivity index (χ4n) is 3.78. The van der Waals surface area contributed by atoms with Gasteiger partial charge in [0.05, 0.1) is 41.5 Å². The molecule has 0 spiro atoms. The first-order valence-electron chi connectivity index (χ1n) is 9.96. The summed E-state index contributed by atoms with van der Waals surface area (Å²) in [6.07, 6.45) is 1.11. The van der Waals surface area contributed by atoms with Gasteiger partial charge in [0.1, 0.15) is 19.0 Å². The van der Waals surface area contributed by atoms with Crippen LogP contribution in [0.5, 0.6) is 17.2 Å². The van der Waals surface area contributed by atoms with Crippen molar-refractivity contribution in [1.82, 2.24) is 4.98 Å². The Morgan fingerprint density at radius 1 is 0.938 bits per heavy atom. The number of rotatable bonds is 5. The average Bonchev–Trinajstić information content (AvgIpc) is 2.77. The molecule has 0 amide bonds. The van der Waals surface area contributed by atoms with Crippen molar-refractivity contribution < 1.29 is 22.6 Å². The van der Waals surface area contributed by atoms with Gasteiger partial charge in [0.2, 0.25) is 10.0 Å². The van der Waals surface area contributed by atoms with Gasteiger partial charge in [0.25, 0.3) is 0 Å². The van der Waals surface area contributed by atoms with Crippen LogP contribution in [0.25, 0.3) is 21.8 Å².